The molecule has 1 saturated heterocycles. The minimum atomic E-state index is -0.493. The summed E-state index contributed by atoms with van der Waals surface area (Å²) in [5.74, 6) is 0.833. The van der Waals surface area contributed by atoms with Crippen molar-refractivity contribution in [2.45, 2.75) is 13.8 Å². The fourth-order valence-electron chi connectivity index (χ4n) is 3.56. The third-order valence-electron chi connectivity index (χ3n) is 5.46. The Kier molecular flexibility index (Phi) is 5.19. The number of H-pyrrole nitrogens is 1. The largest absolute Gasteiger partial charge is 0.367 e. The van der Waals surface area contributed by atoms with E-state index in [2.05, 4.69) is 19.9 Å². The molecule has 0 radical (unpaired) electrons. The Morgan fingerprint density at radius 1 is 1.10 bits per heavy atom. The highest BCUT2D eigenvalue weighted by Gasteiger charge is 2.21. The Bertz CT molecular complexity index is 1170. The molecule has 0 aliphatic carbocycles. The van der Waals surface area contributed by atoms with Crippen molar-refractivity contribution in [1.82, 2.24) is 15.0 Å². The predicted octanol–water partition coefficient (Wildman–Crippen LogP) is 2.79. The number of anilines is 2. The number of halogens is 1. The zero-order valence-electron chi connectivity index (χ0n) is 16.8. The number of rotatable bonds is 3. The molecule has 0 bridgehead atoms. The van der Waals surface area contributed by atoms with Crippen LogP contribution >= 0.6 is 0 Å². The van der Waals surface area contributed by atoms with E-state index >= 15 is 0 Å². The van der Waals surface area contributed by atoms with Crippen LogP contribution < -0.4 is 15.4 Å². The minimum Gasteiger partial charge on any atom is -0.367 e. The second kappa shape index (κ2) is 7.95. The Labute approximate surface area is 173 Å². The van der Waals surface area contributed by atoms with E-state index in [1.54, 1.807) is 25.3 Å². The molecular formula is C22H21FN6O. The van der Waals surface area contributed by atoms with Crippen LogP contribution in [-0.4, -0.2) is 41.1 Å². The van der Waals surface area contributed by atoms with Gasteiger partial charge >= 0.3 is 0 Å². The molecule has 2 aromatic heterocycles. The highest BCUT2D eigenvalue weighted by atomic mass is 19.1. The quantitative estimate of drug-likeness (QED) is 0.722. The summed E-state index contributed by atoms with van der Waals surface area (Å²) in [6, 6.07) is 10.5. The molecule has 8 heteroatoms. The van der Waals surface area contributed by atoms with Crippen LogP contribution in [0.1, 0.15) is 16.8 Å². The molecule has 0 spiro atoms. The summed E-state index contributed by atoms with van der Waals surface area (Å²) in [5, 5.41) is 9.26. The summed E-state index contributed by atoms with van der Waals surface area (Å²) in [4.78, 5) is 27.9. The number of nitriles is 1. The lowest BCUT2D eigenvalue weighted by atomic mass is 10.1. The number of piperazine rings is 1. The molecule has 152 valence electrons. The van der Waals surface area contributed by atoms with Crippen LogP contribution in [0.2, 0.25) is 0 Å². The van der Waals surface area contributed by atoms with Crippen molar-refractivity contribution in [3.8, 4) is 17.5 Å². The van der Waals surface area contributed by atoms with Crippen molar-refractivity contribution < 1.29 is 4.39 Å². The van der Waals surface area contributed by atoms with Crippen molar-refractivity contribution in [2.75, 3.05) is 36.0 Å². The van der Waals surface area contributed by atoms with Gasteiger partial charge in [0.05, 0.1) is 5.69 Å². The molecule has 1 fully saturated rings. The Morgan fingerprint density at radius 2 is 1.83 bits per heavy atom. The molecule has 1 N–H and O–H groups in total. The standard InChI is InChI=1S/C22H21FN6O/c1-14-15(2)26-21(27-22(14)30)16-6-7-20(25-13-16)29-10-8-28(9-11-29)19-5-3-4-18(23)17(19)12-24/h3-7,13H,8-11H2,1-2H3,(H,26,27,30). The van der Waals surface area contributed by atoms with Crippen molar-refractivity contribution in [3.63, 3.8) is 0 Å². The third-order valence-corrected chi connectivity index (χ3v) is 5.46. The van der Waals surface area contributed by atoms with Gasteiger partial charge in [-0.05, 0) is 38.1 Å². The molecule has 1 aliphatic rings. The van der Waals surface area contributed by atoms with E-state index in [4.69, 9.17) is 0 Å². The van der Waals surface area contributed by atoms with Gasteiger partial charge in [0.25, 0.3) is 5.56 Å². The Hall–Kier alpha value is -3.73. The molecule has 0 atom stereocenters. The average Bonchev–Trinajstić information content (AvgIpc) is 2.77. The normalized spacial score (nSPS) is 13.9. The molecule has 3 heterocycles. The van der Waals surface area contributed by atoms with Gasteiger partial charge in [-0.1, -0.05) is 6.07 Å². The van der Waals surface area contributed by atoms with Crippen molar-refractivity contribution in [2.24, 2.45) is 0 Å². The summed E-state index contributed by atoms with van der Waals surface area (Å²) >= 11 is 0. The molecule has 1 aromatic carbocycles. The van der Waals surface area contributed by atoms with Gasteiger partial charge in [0, 0.05) is 49.2 Å². The van der Waals surface area contributed by atoms with E-state index in [0.29, 0.717) is 48.9 Å². The van der Waals surface area contributed by atoms with Crippen LogP contribution in [0.3, 0.4) is 0 Å². The smallest absolute Gasteiger partial charge is 0.254 e. The number of pyridine rings is 1. The number of nitrogens with zero attached hydrogens (tertiary/aromatic N) is 5. The van der Waals surface area contributed by atoms with E-state index < -0.39 is 5.82 Å². The van der Waals surface area contributed by atoms with Gasteiger partial charge in [0.15, 0.2) is 0 Å². The predicted molar refractivity (Wildman–Crippen MR) is 113 cm³/mol. The highest BCUT2D eigenvalue weighted by Crippen LogP contribution is 2.25. The van der Waals surface area contributed by atoms with E-state index in [9.17, 15) is 14.4 Å². The maximum atomic E-state index is 13.9. The topological polar surface area (TPSA) is 88.9 Å². The van der Waals surface area contributed by atoms with Gasteiger partial charge in [-0.2, -0.15) is 5.26 Å². The molecule has 30 heavy (non-hydrogen) atoms. The maximum Gasteiger partial charge on any atom is 0.254 e. The van der Waals surface area contributed by atoms with E-state index in [1.807, 2.05) is 30.0 Å². The molecular weight excluding hydrogens is 383 g/mol. The lowest BCUT2D eigenvalue weighted by Gasteiger charge is -2.37. The van der Waals surface area contributed by atoms with Crippen molar-refractivity contribution in [1.29, 1.82) is 5.26 Å². The maximum absolute atomic E-state index is 13.9. The molecule has 0 saturated carbocycles. The first-order valence-electron chi connectivity index (χ1n) is 9.70. The summed E-state index contributed by atoms with van der Waals surface area (Å²) in [5.41, 5.74) is 2.62. The second-order valence-corrected chi connectivity index (χ2v) is 7.25. The lowest BCUT2D eigenvalue weighted by molar-refractivity contribution is 0.615. The van der Waals surface area contributed by atoms with Gasteiger partial charge < -0.3 is 14.8 Å². The monoisotopic (exact) mass is 404 g/mol. The summed E-state index contributed by atoms with van der Waals surface area (Å²) in [6.07, 6.45) is 1.70. The van der Waals surface area contributed by atoms with Crippen LogP contribution in [0.5, 0.6) is 0 Å². The lowest BCUT2D eigenvalue weighted by Crippen LogP contribution is -2.47. The summed E-state index contributed by atoms with van der Waals surface area (Å²) < 4.78 is 13.9. The van der Waals surface area contributed by atoms with Crippen LogP contribution in [0, 0.1) is 31.0 Å². The van der Waals surface area contributed by atoms with E-state index in [1.165, 1.54) is 6.07 Å². The highest BCUT2D eigenvalue weighted by molar-refractivity contribution is 5.61. The number of aromatic nitrogens is 3. The first-order valence-corrected chi connectivity index (χ1v) is 9.70. The molecule has 0 unspecified atom stereocenters. The second-order valence-electron chi connectivity index (χ2n) is 7.25. The number of hydrogen-bond acceptors (Lipinski definition) is 6. The van der Waals surface area contributed by atoms with Crippen molar-refractivity contribution in [3.05, 3.63) is 69.5 Å². The molecule has 7 nitrogen and oxygen atoms in total. The number of aromatic amines is 1. The summed E-state index contributed by atoms with van der Waals surface area (Å²) in [6.45, 7) is 6.28. The van der Waals surface area contributed by atoms with Crippen LogP contribution in [-0.2, 0) is 0 Å². The summed E-state index contributed by atoms with van der Waals surface area (Å²) in [7, 11) is 0. The number of hydrogen-bond donors (Lipinski definition) is 1. The third kappa shape index (κ3) is 3.62. The number of benzene rings is 1. The zero-order chi connectivity index (χ0) is 21.3. The molecule has 3 aromatic rings. The van der Waals surface area contributed by atoms with Gasteiger partial charge in [0.1, 0.15) is 29.1 Å². The average molecular weight is 404 g/mol. The molecule has 1 aliphatic heterocycles. The van der Waals surface area contributed by atoms with Gasteiger partial charge in [-0.15, -0.1) is 0 Å². The molecule has 0 amide bonds. The Morgan fingerprint density at radius 3 is 2.47 bits per heavy atom. The first kappa shape index (κ1) is 19.6. The first-order chi connectivity index (χ1) is 14.5. The number of aryl methyl sites for hydroxylation is 1. The van der Waals surface area contributed by atoms with Gasteiger partial charge in [-0.25, -0.2) is 14.4 Å². The number of nitrogens with one attached hydrogen (secondary N) is 1. The fourth-order valence-corrected chi connectivity index (χ4v) is 3.56. The SMILES string of the molecule is Cc1nc(-c2ccc(N3CCN(c4cccc(F)c4C#N)CC3)nc2)[nH]c(=O)c1C. The minimum absolute atomic E-state index is 0.0864. The van der Waals surface area contributed by atoms with Gasteiger partial charge in [-0.3, -0.25) is 4.79 Å². The molecule has 4 rings (SSSR count). The van der Waals surface area contributed by atoms with E-state index in [-0.39, 0.29) is 11.1 Å². The Balaban J connectivity index is 1.48. The fraction of sp³-hybridized carbons (Fsp3) is 0.273. The van der Waals surface area contributed by atoms with Crippen LogP contribution in [0.25, 0.3) is 11.4 Å². The van der Waals surface area contributed by atoms with Crippen LogP contribution in [0.15, 0.2) is 41.3 Å². The van der Waals surface area contributed by atoms with E-state index in [0.717, 1.165) is 11.4 Å². The zero-order valence-corrected chi connectivity index (χ0v) is 16.8. The van der Waals surface area contributed by atoms with Crippen LogP contribution in [0.4, 0.5) is 15.9 Å². The van der Waals surface area contributed by atoms with Gasteiger partial charge in [0.2, 0.25) is 0 Å². The van der Waals surface area contributed by atoms with Crippen molar-refractivity contribution >= 4 is 11.5 Å².